The number of esters is 1. The van der Waals surface area contributed by atoms with Gasteiger partial charge in [-0.1, -0.05) is 42.0 Å². The van der Waals surface area contributed by atoms with Crippen molar-refractivity contribution in [2.75, 3.05) is 13.2 Å². The summed E-state index contributed by atoms with van der Waals surface area (Å²) in [5.41, 5.74) is 3.23. The van der Waals surface area contributed by atoms with Crippen molar-refractivity contribution in [3.63, 3.8) is 0 Å². The fraction of sp³-hybridized carbons (Fsp3) is 0.333. The van der Waals surface area contributed by atoms with Gasteiger partial charge in [0, 0.05) is 0 Å². The van der Waals surface area contributed by atoms with Crippen LogP contribution in [0.5, 0.6) is 0 Å². The van der Waals surface area contributed by atoms with Crippen molar-refractivity contribution < 1.29 is 22.7 Å². The molecule has 0 unspecified atom stereocenters. The van der Waals surface area contributed by atoms with Gasteiger partial charge >= 0.3 is 5.97 Å². The van der Waals surface area contributed by atoms with Crippen LogP contribution in [-0.2, 0) is 30.8 Å². The zero-order valence-electron chi connectivity index (χ0n) is 16.2. The van der Waals surface area contributed by atoms with Gasteiger partial charge in [0.05, 0.1) is 10.9 Å². The molecule has 1 atom stereocenters. The van der Waals surface area contributed by atoms with Crippen LogP contribution in [0.25, 0.3) is 0 Å². The van der Waals surface area contributed by atoms with E-state index in [0.717, 1.165) is 30.4 Å². The number of ether oxygens (including phenoxy) is 1. The third kappa shape index (κ3) is 5.65. The SMILES string of the molecule is Cc1ccc(S(=O)(=O)NCC(=O)OCC(=O)N[C@@H]2CCCc3ccccc32)cc1. The van der Waals surface area contributed by atoms with Gasteiger partial charge in [-0.2, -0.15) is 4.72 Å². The topological polar surface area (TPSA) is 102 Å². The predicted molar refractivity (Wildman–Crippen MR) is 108 cm³/mol. The summed E-state index contributed by atoms with van der Waals surface area (Å²) in [7, 11) is -3.82. The quantitative estimate of drug-likeness (QED) is 0.673. The summed E-state index contributed by atoms with van der Waals surface area (Å²) in [5.74, 6) is -1.23. The van der Waals surface area contributed by atoms with Crippen LogP contribution in [0.15, 0.2) is 53.4 Å². The lowest BCUT2D eigenvalue weighted by Crippen LogP contribution is -2.36. The second kappa shape index (κ2) is 9.19. The summed E-state index contributed by atoms with van der Waals surface area (Å²) in [6.45, 7) is 0.845. The highest BCUT2D eigenvalue weighted by molar-refractivity contribution is 7.89. The molecule has 0 saturated carbocycles. The molecule has 2 aromatic rings. The fourth-order valence-electron chi connectivity index (χ4n) is 3.29. The molecule has 0 radical (unpaired) electrons. The molecule has 0 heterocycles. The third-order valence-corrected chi connectivity index (χ3v) is 6.22. The summed E-state index contributed by atoms with van der Waals surface area (Å²) in [5, 5.41) is 2.88. The molecule has 0 fully saturated rings. The van der Waals surface area contributed by atoms with Crippen LogP contribution in [0, 0.1) is 6.92 Å². The Hall–Kier alpha value is -2.71. The van der Waals surface area contributed by atoms with E-state index in [9.17, 15) is 18.0 Å². The molecule has 29 heavy (non-hydrogen) atoms. The highest BCUT2D eigenvalue weighted by atomic mass is 32.2. The largest absolute Gasteiger partial charge is 0.455 e. The molecule has 1 aliphatic rings. The van der Waals surface area contributed by atoms with Crippen LogP contribution in [0.4, 0.5) is 0 Å². The maximum atomic E-state index is 12.2. The van der Waals surface area contributed by atoms with Crippen molar-refractivity contribution >= 4 is 21.9 Å². The lowest BCUT2D eigenvalue weighted by atomic mass is 9.88. The Kier molecular flexibility index (Phi) is 6.66. The van der Waals surface area contributed by atoms with E-state index >= 15 is 0 Å². The fourth-order valence-corrected chi connectivity index (χ4v) is 4.26. The van der Waals surface area contributed by atoms with Crippen LogP contribution >= 0.6 is 0 Å². The molecular formula is C21H24N2O5S. The Morgan fingerprint density at radius 2 is 1.83 bits per heavy atom. The van der Waals surface area contributed by atoms with Gasteiger partial charge in [-0.15, -0.1) is 0 Å². The number of fused-ring (bicyclic) bond motifs is 1. The van der Waals surface area contributed by atoms with E-state index in [2.05, 4.69) is 10.0 Å². The Morgan fingerprint density at radius 1 is 1.10 bits per heavy atom. The van der Waals surface area contributed by atoms with Crippen LogP contribution in [0.3, 0.4) is 0 Å². The van der Waals surface area contributed by atoms with Gasteiger partial charge in [-0.3, -0.25) is 9.59 Å². The number of rotatable bonds is 7. The zero-order chi connectivity index (χ0) is 20.9. The predicted octanol–water partition coefficient (Wildman–Crippen LogP) is 2.01. The monoisotopic (exact) mass is 416 g/mol. The van der Waals surface area contributed by atoms with E-state index < -0.39 is 35.1 Å². The van der Waals surface area contributed by atoms with Crippen molar-refractivity contribution in [2.24, 2.45) is 0 Å². The summed E-state index contributed by atoms with van der Waals surface area (Å²) in [4.78, 5) is 24.1. The molecule has 154 valence electrons. The number of aryl methyl sites for hydroxylation is 2. The number of nitrogens with one attached hydrogen (secondary N) is 2. The molecule has 0 aliphatic heterocycles. The van der Waals surface area contributed by atoms with Gasteiger partial charge in [0.25, 0.3) is 5.91 Å². The molecule has 2 aromatic carbocycles. The number of benzene rings is 2. The molecular weight excluding hydrogens is 392 g/mol. The average Bonchev–Trinajstić information content (AvgIpc) is 2.71. The van der Waals surface area contributed by atoms with E-state index in [0.29, 0.717) is 0 Å². The van der Waals surface area contributed by atoms with Crippen LogP contribution in [-0.4, -0.2) is 33.4 Å². The summed E-state index contributed by atoms with van der Waals surface area (Å²) in [6, 6.07) is 14.1. The first kappa shape index (κ1) is 21.0. The molecule has 1 amide bonds. The van der Waals surface area contributed by atoms with Crippen molar-refractivity contribution in [2.45, 2.75) is 37.1 Å². The molecule has 0 bridgehead atoms. The van der Waals surface area contributed by atoms with Crippen LogP contribution in [0.2, 0.25) is 0 Å². The van der Waals surface area contributed by atoms with E-state index in [-0.39, 0.29) is 10.9 Å². The minimum Gasteiger partial charge on any atom is -0.455 e. The van der Waals surface area contributed by atoms with Crippen molar-refractivity contribution in [1.29, 1.82) is 0 Å². The van der Waals surface area contributed by atoms with Crippen molar-refractivity contribution in [3.05, 3.63) is 65.2 Å². The number of carbonyl (C=O) groups excluding carboxylic acids is 2. The van der Waals surface area contributed by atoms with Gasteiger partial charge in [-0.05, 0) is 49.4 Å². The first-order valence-electron chi connectivity index (χ1n) is 9.44. The number of amides is 1. The second-order valence-electron chi connectivity index (χ2n) is 7.01. The van der Waals surface area contributed by atoms with E-state index in [1.54, 1.807) is 12.1 Å². The molecule has 0 aromatic heterocycles. The average molecular weight is 416 g/mol. The summed E-state index contributed by atoms with van der Waals surface area (Å²) in [6.07, 6.45) is 2.79. The van der Waals surface area contributed by atoms with E-state index in [1.165, 1.54) is 17.7 Å². The maximum Gasteiger partial charge on any atom is 0.321 e. The van der Waals surface area contributed by atoms with Crippen LogP contribution in [0.1, 0.15) is 35.6 Å². The van der Waals surface area contributed by atoms with Gasteiger partial charge in [0.15, 0.2) is 6.61 Å². The normalized spacial score (nSPS) is 16.0. The Bertz CT molecular complexity index is 986. The minimum absolute atomic E-state index is 0.0598. The summed E-state index contributed by atoms with van der Waals surface area (Å²) >= 11 is 0. The molecule has 0 spiro atoms. The number of hydrogen-bond acceptors (Lipinski definition) is 5. The third-order valence-electron chi connectivity index (χ3n) is 4.81. The standard InChI is InChI=1S/C21H24N2O5S/c1-15-9-11-17(12-10-15)29(26,27)22-13-21(25)28-14-20(24)23-19-8-4-6-16-5-2-3-7-18(16)19/h2-3,5,7,9-12,19,22H,4,6,8,13-14H2,1H3,(H,23,24)/t19-/m1/s1. The first-order chi connectivity index (χ1) is 13.8. The Labute approximate surface area is 170 Å². The lowest BCUT2D eigenvalue weighted by molar-refractivity contribution is -0.147. The van der Waals surface area contributed by atoms with Gasteiger partial charge < -0.3 is 10.1 Å². The van der Waals surface area contributed by atoms with E-state index in [4.69, 9.17) is 4.74 Å². The molecule has 1 aliphatic carbocycles. The highest BCUT2D eigenvalue weighted by Gasteiger charge is 2.22. The highest BCUT2D eigenvalue weighted by Crippen LogP contribution is 2.29. The first-order valence-corrected chi connectivity index (χ1v) is 10.9. The number of carbonyl (C=O) groups is 2. The zero-order valence-corrected chi connectivity index (χ0v) is 17.0. The Balaban J connectivity index is 1.46. The maximum absolute atomic E-state index is 12.2. The number of hydrogen-bond donors (Lipinski definition) is 2. The Morgan fingerprint density at radius 3 is 2.59 bits per heavy atom. The minimum atomic E-state index is -3.82. The van der Waals surface area contributed by atoms with E-state index in [1.807, 2.05) is 31.2 Å². The van der Waals surface area contributed by atoms with Gasteiger partial charge in [0.1, 0.15) is 6.54 Å². The van der Waals surface area contributed by atoms with Crippen molar-refractivity contribution in [1.82, 2.24) is 10.0 Å². The van der Waals surface area contributed by atoms with Crippen molar-refractivity contribution in [3.8, 4) is 0 Å². The molecule has 7 nitrogen and oxygen atoms in total. The van der Waals surface area contributed by atoms with Gasteiger partial charge in [0.2, 0.25) is 10.0 Å². The van der Waals surface area contributed by atoms with Crippen LogP contribution < -0.4 is 10.0 Å². The molecule has 8 heteroatoms. The summed E-state index contributed by atoms with van der Waals surface area (Å²) < 4.78 is 31.4. The van der Waals surface area contributed by atoms with Gasteiger partial charge in [-0.25, -0.2) is 8.42 Å². The second-order valence-corrected chi connectivity index (χ2v) is 8.78. The molecule has 2 N–H and O–H groups in total. The molecule has 3 rings (SSSR count). The molecule has 0 saturated heterocycles. The lowest BCUT2D eigenvalue weighted by Gasteiger charge is -2.26. The smallest absolute Gasteiger partial charge is 0.321 e. The number of sulfonamides is 1.